The van der Waals surface area contributed by atoms with Gasteiger partial charge in [-0.3, -0.25) is 0 Å². The zero-order valence-corrected chi connectivity index (χ0v) is 10.1. The standard InChI is InChI=1S/C12H15N3O2/c1-7(2)9-10(15-17-11(9)13)8-5-4-6-14-12(8)16-3/h4-7H,13H2,1-3H3. The first-order valence-electron chi connectivity index (χ1n) is 5.39. The molecule has 0 saturated heterocycles. The van der Waals surface area contributed by atoms with Gasteiger partial charge < -0.3 is 15.0 Å². The van der Waals surface area contributed by atoms with E-state index in [2.05, 4.69) is 10.1 Å². The van der Waals surface area contributed by atoms with Gasteiger partial charge in [-0.1, -0.05) is 19.0 Å². The largest absolute Gasteiger partial charge is 0.481 e. The summed E-state index contributed by atoms with van der Waals surface area (Å²) >= 11 is 0. The Hall–Kier alpha value is -2.04. The van der Waals surface area contributed by atoms with E-state index in [0.29, 0.717) is 17.5 Å². The predicted molar refractivity (Wildman–Crippen MR) is 64.8 cm³/mol. The number of methoxy groups -OCH3 is 1. The van der Waals surface area contributed by atoms with E-state index in [1.54, 1.807) is 13.3 Å². The van der Waals surface area contributed by atoms with E-state index in [-0.39, 0.29) is 5.92 Å². The van der Waals surface area contributed by atoms with Crippen molar-refractivity contribution in [3.63, 3.8) is 0 Å². The third-order valence-corrected chi connectivity index (χ3v) is 2.55. The SMILES string of the molecule is COc1ncccc1-c1noc(N)c1C(C)C. The van der Waals surface area contributed by atoms with Gasteiger partial charge in [-0.2, -0.15) is 0 Å². The number of hydrogen-bond donors (Lipinski definition) is 1. The zero-order valence-electron chi connectivity index (χ0n) is 10.1. The second-order valence-corrected chi connectivity index (χ2v) is 4.02. The van der Waals surface area contributed by atoms with Gasteiger partial charge in [0.2, 0.25) is 11.8 Å². The van der Waals surface area contributed by atoms with Crippen LogP contribution in [0.4, 0.5) is 5.88 Å². The number of nitrogen functional groups attached to an aromatic ring is 1. The lowest BCUT2D eigenvalue weighted by molar-refractivity contribution is 0.398. The predicted octanol–water partition coefficient (Wildman–Crippen LogP) is 2.45. The highest BCUT2D eigenvalue weighted by Crippen LogP contribution is 2.36. The van der Waals surface area contributed by atoms with Crippen LogP contribution in [-0.4, -0.2) is 17.3 Å². The average Bonchev–Trinajstić information content (AvgIpc) is 2.71. The molecule has 0 radical (unpaired) electrons. The number of aromatic nitrogens is 2. The zero-order chi connectivity index (χ0) is 12.4. The Kier molecular flexibility index (Phi) is 2.99. The minimum Gasteiger partial charge on any atom is -0.481 e. The maximum Gasteiger partial charge on any atom is 0.226 e. The maximum absolute atomic E-state index is 5.78. The molecule has 0 spiro atoms. The molecule has 2 N–H and O–H groups in total. The molecule has 0 aliphatic carbocycles. The Balaban J connectivity index is 2.60. The van der Waals surface area contributed by atoms with E-state index in [1.807, 2.05) is 26.0 Å². The van der Waals surface area contributed by atoms with Gasteiger partial charge in [0.15, 0.2) is 0 Å². The number of anilines is 1. The van der Waals surface area contributed by atoms with Crippen molar-refractivity contribution in [2.24, 2.45) is 0 Å². The minimum atomic E-state index is 0.223. The van der Waals surface area contributed by atoms with Crippen LogP contribution in [0.15, 0.2) is 22.9 Å². The Morgan fingerprint density at radius 3 is 2.82 bits per heavy atom. The molecule has 0 saturated carbocycles. The highest BCUT2D eigenvalue weighted by Gasteiger charge is 2.21. The van der Waals surface area contributed by atoms with Gasteiger partial charge in [0.05, 0.1) is 12.7 Å². The van der Waals surface area contributed by atoms with Gasteiger partial charge >= 0.3 is 0 Å². The van der Waals surface area contributed by atoms with Crippen LogP contribution in [0.2, 0.25) is 0 Å². The summed E-state index contributed by atoms with van der Waals surface area (Å²) in [6.07, 6.45) is 1.67. The summed E-state index contributed by atoms with van der Waals surface area (Å²) in [5.41, 5.74) is 8.15. The van der Waals surface area contributed by atoms with Crippen LogP contribution in [0, 0.1) is 0 Å². The number of nitrogens with two attached hydrogens (primary N) is 1. The molecule has 2 heterocycles. The van der Waals surface area contributed by atoms with E-state index < -0.39 is 0 Å². The second kappa shape index (κ2) is 4.45. The first-order chi connectivity index (χ1) is 8.15. The summed E-state index contributed by atoms with van der Waals surface area (Å²) in [6, 6.07) is 3.71. The molecule has 0 unspecified atom stereocenters. The lowest BCUT2D eigenvalue weighted by Crippen LogP contribution is -1.97. The van der Waals surface area contributed by atoms with Crippen LogP contribution in [0.25, 0.3) is 11.3 Å². The monoisotopic (exact) mass is 233 g/mol. The minimum absolute atomic E-state index is 0.223. The fraction of sp³-hybridized carbons (Fsp3) is 0.333. The van der Waals surface area contributed by atoms with Crippen LogP contribution in [0.1, 0.15) is 25.3 Å². The number of pyridine rings is 1. The van der Waals surface area contributed by atoms with Crippen molar-refractivity contribution in [2.75, 3.05) is 12.8 Å². The number of ether oxygens (including phenoxy) is 1. The number of rotatable bonds is 3. The molecule has 2 aromatic rings. The Labute approximate surface area is 99.6 Å². The van der Waals surface area contributed by atoms with Gasteiger partial charge in [-0.05, 0) is 18.1 Å². The van der Waals surface area contributed by atoms with E-state index in [9.17, 15) is 0 Å². The van der Waals surface area contributed by atoms with E-state index >= 15 is 0 Å². The van der Waals surface area contributed by atoms with Gasteiger partial charge in [0.25, 0.3) is 0 Å². The highest BCUT2D eigenvalue weighted by atomic mass is 16.5. The van der Waals surface area contributed by atoms with Crippen molar-refractivity contribution < 1.29 is 9.26 Å². The second-order valence-electron chi connectivity index (χ2n) is 4.02. The van der Waals surface area contributed by atoms with E-state index in [4.69, 9.17) is 15.0 Å². The summed E-state index contributed by atoms with van der Waals surface area (Å²) in [5, 5.41) is 4.00. The summed E-state index contributed by atoms with van der Waals surface area (Å²) in [7, 11) is 1.57. The molecule has 2 aromatic heterocycles. The summed E-state index contributed by atoms with van der Waals surface area (Å²) < 4.78 is 10.3. The van der Waals surface area contributed by atoms with Crippen LogP contribution in [-0.2, 0) is 0 Å². The third kappa shape index (κ3) is 1.95. The quantitative estimate of drug-likeness (QED) is 0.881. The van der Waals surface area contributed by atoms with Crippen LogP contribution >= 0.6 is 0 Å². The molecule has 0 fully saturated rings. The topological polar surface area (TPSA) is 74.2 Å². The number of hydrogen-bond acceptors (Lipinski definition) is 5. The summed E-state index contributed by atoms with van der Waals surface area (Å²) in [5.74, 6) is 1.09. The molecule has 0 aromatic carbocycles. The summed E-state index contributed by atoms with van der Waals surface area (Å²) in [4.78, 5) is 4.14. The highest BCUT2D eigenvalue weighted by molar-refractivity contribution is 5.71. The average molecular weight is 233 g/mol. The molecule has 90 valence electrons. The molecular weight excluding hydrogens is 218 g/mol. The molecule has 5 nitrogen and oxygen atoms in total. The first kappa shape index (κ1) is 11.4. The lowest BCUT2D eigenvalue weighted by Gasteiger charge is -2.08. The van der Waals surface area contributed by atoms with E-state index in [0.717, 1.165) is 11.1 Å². The van der Waals surface area contributed by atoms with Gasteiger partial charge in [0, 0.05) is 11.8 Å². The van der Waals surface area contributed by atoms with Crippen molar-refractivity contribution in [2.45, 2.75) is 19.8 Å². The van der Waals surface area contributed by atoms with Crippen molar-refractivity contribution in [1.82, 2.24) is 10.1 Å². The Bertz CT molecular complexity index is 520. The van der Waals surface area contributed by atoms with Gasteiger partial charge in [-0.25, -0.2) is 4.98 Å². The molecule has 0 atom stereocenters. The summed E-state index contributed by atoms with van der Waals surface area (Å²) in [6.45, 7) is 4.07. The normalized spacial score (nSPS) is 10.8. The van der Waals surface area contributed by atoms with Crippen molar-refractivity contribution in [1.29, 1.82) is 0 Å². The molecular formula is C12H15N3O2. The Morgan fingerprint density at radius 2 is 2.18 bits per heavy atom. The van der Waals surface area contributed by atoms with Crippen LogP contribution in [0.5, 0.6) is 5.88 Å². The van der Waals surface area contributed by atoms with Gasteiger partial charge in [-0.15, -0.1) is 0 Å². The maximum atomic E-state index is 5.78. The smallest absolute Gasteiger partial charge is 0.226 e. The van der Waals surface area contributed by atoms with E-state index in [1.165, 1.54) is 0 Å². The Morgan fingerprint density at radius 1 is 1.41 bits per heavy atom. The first-order valence-corrected chi connectivity index (χ1v) is 5.39. The van der Waals surface area contributed by atoms with Crippen LogP contribution in [0.3, 0.4) is 0 Å². The lowest BCUT2D eigenvalue weighted by atomic mass is 9.99. The van der Waals surface area contributed by atoms with Gasteiger partial charge in [0.1, 0.15) is 5.69 Å². The van der Waals surface area contributed by atoms with Crippen LogP contribution < -0.4 is 10.5 Å². The third-order valence-electron chi connectivity index (χ3n) is 2.55. The molecule has 5 heteroatoms. The molecule has 2 rings (SSSR count). The fourth-order valence-corrected chi connectivity index (χ4v) is 1.80. The molecule has 0 amide bonds. The fourth-order valence-electron chi connectivity index (χ4n) is 1.80. The van der Waals surface area contributed by atoms with Crippen molar-refractivity contribution >= 4 is 5.88 Å². The van der Waals surface area contributed by atoms with Crippen molar-refractivity contribution in [3.8, 4) is 17.1 Å². The number of nitrogens with zero attached hydrogens (tertiary/aromatic N) is 2. The van der Waals surface area contributed by atoms with Crippen molar-refractivity contribution in [3.05, 3.63) is 23.9 Å². The molecule has 0 aliphatic rings. The molecule has 17 heavy (non-hydrogen) atoms. The molecule has 0 aliphatic heterocycles. The molecule has 0 bridgehead atoms.